The van der Waals surface area contributed by atoms with Gasteiger partial charge in [0.25, 0.3) is 15.7 Å². The highest BCUT2D eigenvalue weighted by Crippen LogP contribution is 2.24. The molecule has 0 aliphatic carbocycles. The molecule has 132 valence electrons. The molecular weight excluding hydrogens is 348 g/mol. The second-order valence-electron chi connectivity index (χ2n) is 5.11. The molecule has 0 saturated heterocycles. The second kappa shape index (κ2) is 7.31. The molecule has 0 aliphatic heterocycles. The fraction of sp³-hybridized carbons (Fsp3) is 0.188. The summed E-state index contributed by atoms with van der Waals surface area (Å²) in [6.07, 6.45) is 0. The number of rotatable bonds is 6. The summed E-state index contributed by atoms with van der Waals surface area (Å²) in [7, 11) is -4.01. The lowest BCUT2D eigenvalue weighted by Crippen LogP contribution is -2.14. The van der Waals surface area contributed by atoms with Crippen LogP contribution < -0.4 is 4.72 Å². The van der Waals surface area contributed by atoms with E-state index in [2.05, 4.69) is 4.72 Å². The lowest BCUT2D eigenvalue weighted by atomic mass is 10.2. The van der Waals surface area contributed by atoms with Crippen LogP contribution in [-0.4, -0.2) is 25.9 Å². The van der Waals surface area contributed by atoms with Crippen molar-refractivity contribution in [1.29, 1.82) is 0 Å². The number of carbonyl (C=O) groups excluding carboxylic acids is 1. The quantitative estimate of drug-likeness (QED) is 0.479. The fourth-order valence-corrected chi connectivity index (χ4v) is 3.41. The number of anilines is 1. The zero-order chi connectivity index (χ0) is 18.6. The highest BCUT2D eigenvalue weighted by Gasteiger charge is 2.20. The van der Waals surface area contributed by atoms with E-state index in [1.165, 1.54) is 36.4 Å². The van der Waals surface area contributed by atoms with Gasteiger partial charge in [-0.15, -0.1) is 0 Å². The summed E-state index contributed by atoms with van der Waals surface area (Å²) in [6.45, 7) is 3.46. The number of esters is 1. The Bertz CT molecular complexity index is 907. The van der Waals surface area contributed by atoms with Crippen molar-refractivity contribution < 1.29 is 22.9 Å². The summed E-state index contributed by atoms with van der Waals surface area (Å²) in [6, 6.07) is 9.29. The number of ether oxygens (including phenoxy) is 1. The molecule has 0 unspecified atom stereocenters. The van der Waals surface area contributed by atoms with Gasteiger partial charge < -0.3 is 4.74 Å². The van der Waals surface area contributed by atoms with Crippen molar-refractivity contribution >= 4 is 27.4 Å². The van der Waals surface area contributed by atoms with Gasteiger partial charge in [0.05, 0.1) is 22.0 Å². The zero-order valence-corrected chi connectivity index (χ0v) is 14.4. The third-order valence-electron chi connectivity index (χ3n) is 3.32. The number of aryl methyl sites for hydroxylation is 1. The molecule has 2 aromatic carbocycles. The van der Waals surface area contributed by atoms with E-state index in [9.17, 15) is 23.3 Å². The summed E-state index contributed by atoms with van der Waals surface area (Å²) in [5.41, 5.74) is 0.570. The Hall–Kier alpha value is -2.94. The molecule has 25 heavy (non-hydrogen) atoms. The number of nitro benzene ring substituents is 1. The van der Waals surface area contributed by atoms with Crippen LogP contribution in [0.4, 0.5) is 11.4 Å². The van der Waals surface area contributed by atoms with Crippen LogP contribution in [0.2, 0.25) is 0 Å². The predicted molar refractivity (Wildman–Crippen MR) is 91.0 cm³/mol. The Morgan fingerprint density at radius 2 is 1.84 bits per heavy atom. The Balaban J connectivity index is 2.29. The first-order valence-electron chi connectivity index (χ1n) is 7.29. The normalized spacial score (nSPS) is 11.0. The monoisotopic (exact) mass is 364 g/mol. The average molecular weight is 364 g/mol. The van der Waals surface area contributed by atoms with E-state index in [4.69, 9.17) is 4.74 Å². The number of nitro groups is 1. The topological polar surface area (TPSA) is 116 Å². The second-order valence-corrected chi connectivity index (χ2v) is 6.76. The van der Waals surface area contributed by atoms with Crippen LogP contribution in [0.3, 0.4) is 0 Å². The third kappa shape index (κ3) is 4.32. The molecule has 2 rings (SSSR count). The van der Waals surface area contributed by atoms with Crippen molar-refractivity contribution in [3.05, 3.63) is 63.7 Å². The standard InChI is InChI=1S/C16H16N2O6S/c1-3-24-16(19)12-5-7-13(8-6-12)17-25(22,23)15-10-14(18(20)21)9-4-11(15)2/h4-10,17H,3H2,1-2H3. The number of non-ortho nitro benzene ring substituents is 1. The van der Waals surface area contributed by atoms with Crippen LogP contribution in [0.25, 0.3) is 0 Å². The van der Waals surface area contributed by atoms with Crippen molar-refractivity contribution in [3.63, 3.8) is 0 Å². The summed E-state index contributed by atoms with van der Waals surface area (Å²) in [4.78, 5) is 21.6. The van der Waals surface area contributed by atoms with Gasteiger partial charge in [0, 0.05) is 17.8 Å². The van der Waals surface area contributed by atoms with Crippen LogP contribution in [0.5, 0.6) is 0 Å². The largest absolute Gasteiger partial charge is 0.462 e. The van der Waals surface area contributed by atoms with E-state index >= 15 is 0 Å². The van der Waals surface area contributed by atoms with Gasteiger partial charge in [-0.25, -0.2) is 13.2 Å². The highest BCUT2D eigenvalue weighted by atomic mass is 32.2. The molecule has 0 saturated carbocycles. The Labute approximate surface area is 144 Å². The molecular formula is C16H16N2O6S. The summed E-state index contributed by atoms with van der Waals surface area (Å²) >= 11 is 0. The third-order valence-corrected chi connectivity index (χ3v) is 4.84. The molecule has 1 N–H and O–H groups in total. The van der Waals surface area contributed by atoms with E-state index in [-0.39, 0.29) is 28.4 Å². The molecule has 8 nitrogen and oxygen atoms in total. The van der Waals surface area contributed by atoms with E-state index < -0.39 is 20.9 Å². The van der Waals surface area contributed by atoms with Crippen LogP contribution in [0.15, 0.2) is 47.4 Å². The maximum absolute atomic E-state index is 12.5. The lowest BCUT2D eigenvalue weighted by molar-refractivity contribution is -0.385. The molecule has 2 aromatic rings. The molecule has 0 heterocycles. The molecule has 0 bridgehead atoms. The maximum atomic E-state index is 12.5. The van der Waals surface area contributed by atoms with Crippen LogP contribution in [0.1, 0.15) is 22.8 Å². The van der Waals surface area contributed by atoms with E-state index in [0.717, 1.165) is 6.07 Å². The van der Waals surface area contributed by atoms with Gasteiger partial charge in [-0.3, -0.25) is 14.8 Å². The molecule has 0 radical (unpaired) electrons. The van der Waals surface area contributed by atoms with Crippen molar-refractivity contribution in [2.24, 2.45) is 0 Å². The molecule has 0 aromatic heterocycles. The Kier molecular flexibility index (Phi) is 5.38. The van der Waals surface area contributed by atoms with Gasteiger partial charge in [-0.2, -0.15) is 0 Å². The Morgan fingerprint density at radius 3 is 2.40 bits per heavy atom. The first-order valence-corrected chi connectivity index (χ1v) is 8.78. The number of hydrogen-bond donors (Lipinski definition) is 1. The summed E-state index contributed by atoms with van der Waals surface area (Å²) < 4.78 is 32.2. The molecule has 0 amide bonds. The summed E-state index contributed by atoms with van der Waals surface area (Å²) in [5, 5.41) is 10.9. The maximum Gasteiger partial charge on any atom is 0.338 e. The minimum absolute atomic E-state index is 0.184. The molecule has 0 atom stereocenters. The minimum atomic E-state index is -4.01. The number of sulfonamides is 1. The summed E-state index contributed by atoms with van der Waals surface area (Å²) in [5.74, 6) is -0.508. The molecule has 0 fully saturated rings. The first kappa shape index (κ1) is 18.4. The number of nitrogens with one attached hydrogen (secondary N) is 1. The van der Waals surface area contributed by atoms with Crippen molar-refractivity contribution in [2.45, 2.75) is 18.7 Å². The number of carbonyl (C=O) groups is 1. The Morgan fingerprint density at radius 1 is 1.20 bits per heavy atom. The fourth-order valence-electron chi connectivity index (χ4n) is 2.09. The van der Waals surface area contributed by atoms with Crippen molar-refractivity contribution in [3.8, 4) is 0 Å². The lowest BCUT2D eigenvalue weighted by Gasteiger charge is -2.10. The van der Waals surface area contributed by atoms with E-state index in [1.54, 1.807) is 13.8 Å². The zero-order valence-electron chi connectivity index (χ0n) is 13.6. The van der Waals surface area contributed by atoms with Gasteiger partial charge in [-0.05, 0) is 43.7 Å². The molecule has 9 heteroatoms. The van der Waals surface area contributed by atoms with Gasteiger partial charge in [0.15, 0.2) is 0 Å². The van der Waals surface area contributed by atoms with Crippen molar-refractivity contribution in [1.82, 2.24) is 0 Å². The average Bonchev–Trinajstić information content (AvgIpc) is 2.55. The predicted octanol–water partition coefficient (Wildman–Crippen LogP) is 2.88. The SMILES string of the molecule is CCOC(=O)c1ccc(NS(=O)(=O)c2cc([N+](=O)[O-])ccc2C)cc1. The number of hydrogen-bond acceptors (Lipinski definition) is 6. The van der Waals surface area contributed by atoms with Crippen LogP contribution in [-0.2, 0) is 14.8 Å². The van der Waals surface area contributed by atoms with Crippen LogP contribution >= 0.6 is 0 Å². The van der Waals surface area contributed by atoms with Gasteiger partial charge in [0.2, 0.25) is 0 Å². The molecule has 0 aliphatic rings. The molecule has 0 spiro atoms. The minimum Gasteiger partial charge on any atom is -0.462 e. The van der Waals surface area contributed by atoms with E-state index in [1.807, 2.05) is 0 Å². The van der Waals surface area contributed by atoms with E-state index in [0.29, 0.717) is 5.56 Å². The van der Waals surface area contributed by atoms with Gasteiger partial charge >= 0.3 is 5.97 Å². The van der Waals surface area contributed by atoms with Gasteiger partial charge in [-0.1, -0.05) is 6.07 Å². The highest BCUT2D eigenvalue weighted by molar-refractivity contribution is 7.92. The van der Waals surface area contributed by atoms with Gasteiger partial charge in [0.1, 0.15) is 0 Å². The first-order chi connectivity index (χ1) is 11.7. The number of benzene rings is 2. The van der Waals surface area contributed by atoms with Crippen LogP contribution in [0, 0.1) is 17.0 Å². The number of nitrogens with zero attached hydrogens (tertiary/aromatic N) is 1. The van der Waals surface area contributed by atoms with Crippen molar-refractivity contribution in [2.75, 3.05) is 11.3 Å². The smallest absolute Gasteiger partial charge is 0.338 e.